The predicted molar refractivity (Wildman–Crippen MR) is 91.7 cm³/mol. The molecule has 0 aliphatic heterocycles. The average Bonchev–Trinajstić information content (AvgIpc) is 2.61. The number of hydrogen-bond donors (Lipinski definition) is 2. The fourth-order valence-corrected chi connectivity index (χ4v) is 2.55. The summed E-state index contributed by atoms with van der Waals surface area (Å²) < 4.78 is 28.4. The van der Waals surface area contributed by atoms with Crippen LogP contribution in [0.2, 0.25) is 0 Å². The molecule has 26 heavy (non-hydrogen) atoms. The van der Waals surface area contributed by atoms with E-state index in [1.165, 1.54) is 18.3 Å². The van der Waals surface area contributed by atoms with Crippen LogP contribution in [0.25, 0.3) is 0 Å². The van der Waals surface area contributed by atoms with Crippen LogP contribution in [0.4, 0.5) is 14.6 Å². The van der Waals surface area contributed by atoms with Crippen molar-refractivity contribution in [2.75, 3.05) is 18.0 Å². The molecule has 10 heteroatoms. The lowest BCUT2D eigenvalue weighted by atomic mass is 10.1. The molecule has 2 aromatic rings. The maximum Gasteiger partial charge on any atom is 0.387 e. The van der Waals surface area contributed by atoms with Crippen LogP contribution in [0.3, 0.4) is 0 Å². The number of aromatic nitrogens is 2. The average molecular weight is 379 g/mol. The molecule has 0 atom stereocenters. The number of nitrogens with zero attached hydrogens (tertiary/aromatic N) is 3. The first-order valence-electron chi connectivity index (χ1n) is 7.44. The summed E-state index contributed by atoms with van der Waals surface area (Å²) in [6.45, 7) is -2.46. The molecule has 0 bridgehead atoms. The monoisotopic (exact) mass is 379 g/mol. The number of halogens is 2. The van der Waals surface area contributed by atoms with Gasteiger partial charge in [0.15, 0.2) is 5.16 Å². The maximum absolute atomic E-state index is 12.1. The fraction of sp³-hybridized carbons (Fsp3) is 0.250. The highest BCUT2D eigenvalue weighted by Gasteiger charge is 2.08. The van der Waals surface area contributed by atoms with E-state index in [0.29, 0.717) is 18.1 Å². The molecule has 0 aliphatic rings. The number of amides is 1. The lowest BCUT2D eigenvalue weighted by Crippen LogP contribution is -2.27. The van der Waals surface area contributed by atoms with Gasteiger partial charge in [0.25, 0.3) is 0 Å². The number of rotatable bonds is 8. The lowest BCUT2D eigenvalue weighted by molar-refractivity contribution is -0.118. The molecule has 1 aromatic heterocycles. The predicted octanol–water partition coefficient (Wildman–Crippen LogP) is 1.98. The van der Waals surface area contributed by atoms with Crippen LogP contribution in [-0.4, -0.2) is 34.8 Å². The summed E-state index contributed by atoms with van der Waals surface area (Å²) in [4.78, 5) is 19.7. The first-order chi connectivity index (χ1) is 12.5. The van der Waals surface area contributed by atoms with E-state index in [1.807, 2.05) is 6.07 Å². The fourth-order valence-electron chi connectivity index (χ4n) is 1.90. The Morgan fingerprint density at radius 2 is 2.12 bits per heavy atom. The molecule has 2 rings (SSSR count). The van der Waals surface area contributed by atoms with E-state index in [4.69, 9.17) is 11.0 Å². The van der Waals surface area contributed by atoms with Crippen molar-refractivity contribution < 1.29 is 18.3 Å². The summed E-state index contributed by atoms with van der Waals surface area (Å²) in [5, 5.41) is 11.8. The number of nitriles is 1. The smallest absolute Gasteiger partial charge is 0.387 e. The van der Waals surface area contributed by atoms with Gasteiger partial charge in [0.05, 0.1) is 11.9 Å². The van der Waals surface area contributed by atoms with Crippen LogP contribution in [0, 0.1) is 11.3 Å². The normalized spacial score (nSPS) is 10.4. The van der Waals surface area contributed by atoms with Gasteiger partial charge >= 0.3 is 6.61 Å². The van der Waals surface area contributed by atoms with Gasteiger partial charge in [0.1, 0.15) is 23.2 Å². The van der Waals surface area contributed by atoms with E-state index in [0.717, 1.165) is 17.3 Å². The number of anilines is 1. The van der Waals surface area contributed by atoms with E-state index in [-0.39, 0.29) is 28.8 Å². The van der Waals surface area contributed by atoms with Crippen molar-refractivity contribution in [2.45, 2.75) is 18.2 Å². The van der Waals surface area contributed by atoms with Crippen LogP contribution in [0.15, 0.2) is 35.6 Å². The Bertz CT molecular complexity index is 796. The van der Waals surface area contributed by atoms with Crippen LogP contribution >= 0.6 is 11.8 Å². The van der Waals surface area contributed by atoms with Gasteiger partial charge in [-0.1, -0.05) is 23.9 Å². The molecule has 0 radical (unpaired) electrons. The van der Waals surface area contributed by atoms with Crippen molar-refractivity contribution in [1.29, 1.82) is 5.26 Å². The molecule has 1 heterocycles. The lowest BCUT2D eigenvalue weighted by Gasteiger charge is -2.07. The molecule has 0 aliphatic carbocycles. The zero-order valence-electron chi connectivity index (χ0n) is 13.5. The highest BCUT2D eigenvalue weighted by atomic mass is 32.2. The topological polar surface area (TPSA) is 114 Å². The van der Waals surface area contributed by atoms with E-state index in [2.05, 4.69) is 20.0 Å². The number of benzene rings is 1. The largest absolute Gasteiger partial charge is 0.435 e. The van der Waals surface area contributed by atoms with E-state index in [1.54, 1.807) is 12.1 Å². The second-order valence-electron chi connectivity index (χ2n) is 4.97. The molecule has 3 N–H and O–H groups in total. The van der Waals surface area contributed by atoms with Crippen molar-refractivity contribution in [3.05, 3.63) is 41.6 Å². The summed E-state index contributed by atoms with van der Waals surface area (Å²) >= 11 is 1.10. The van der Waals surface area contributed by atoms with Crippen molar-refractivity contribution >= 4 is 23.5 Å². The minimum absolute atomic E-state index is 0.0738. The summed E-state index contributed by atoms with van der Waals surface area (Å²) in [7, 11) is 0. The Labute approximate surface area is 152 Å². The number of hydrogen-bond acceptors (Lipinski definition) is 7. The third-order valence-corrected chi connectivity index (χ3v) is 3.99. The molecule has 136 valence electrons. The number of carbonyl (C=O) groups is 1. The Kier molecular flexibility index (Phi) is 7.11. The van der Waals surface area contributed by atoms with Crippen LogP contribution in [-0.2, 0) is 11.2 Å². The zero-order valence-corrected chi connectivity index (χ0v) is 14.3. The molecular weight excluding hydrogens is 364 g/mol. The number of nitrogens with one attached hydrogen (secondary N) is 1. The van der Waals surface area contributed by atoms with Gasteiger partial charge in [-0.3, -0.25) is 4.79 Å². The minimum atomic E-state index is -2.85. The summed E-state index contributed by atoms with van der Waals surface area (Å²) in [6.07, 6.45) is 1.86. The third kappa shape index (κ3) is 6.18. The molecular formula is C16H15F2N5O2S. The Morgan fingerprint density at radius 1 is 1.38 bits per heavy atom. The number of carbonyl (C=O) groups excluding carboxylic acids is 1. The maximum atomic E-state index is 12.1. The summed E-state index contributed by atoms with van der Waals surface area (Å²) in [5.41, 5.74) is 6.64. The van der Waals surface area contributed by atoms with Crippen molar-refractivity contribution in [3.8, 4) is 11.8 Å². The Balaban J connectivity index is 1.72. The molecule has 0 fully saturated rings. The number of thioether (sulfide) groups is 1. The first-order valence-corrected chi connectivity index (χ1v) is 8.42. The van der Waals surface area contributed by atoms with Crippen LogP contribution in [0.1, 0.15) is 11.1 Å². The van der Waals surface area contributed by atoms with E-state index < -0.39 is 6.61 Å². The van der Waals surface area contributed by atoms with E-state index >= 15 is 0 Å². The zero-order chi connectivity index (χ0) is 18.9. The quantitative estimate of drug-likeness (QED) is 0.532. The summed E-state index contributed by atoms with van der Waals surface area (Å²) in [6, 6.07) is 8.08. The standard InChI is InChI=1S/C16H15F2N5O2S/c17-15(18)25-12-3-1-10(2-4-12)5-6-21-13(24)9-26-16-22-8-11(7-19)14(20)23-16/h1-4,8,15H,5-6,9H2,(H,21,24)(H2,20,22,23). The van der Waals surface area contributed by atoms with Gasteiger partial charge in [-0.05, 0) is 24.1 Å². The van der Waals surface area contributed by atoms with E-state index in [9.17, 15) is 13.6 Å². The Hall–Kier alpha value is -2.93. The number of ether oxygens (including phenoxy) is 1. The molecule has 0 unspecified atom stereocenters. The third-order valence-electron chi connectivity index (χ3n) is 3.13. The van der Waals surface area contributed by atoms with Gasteiger partial charge in [0.2, 0.25) is 5.91 Å². The van der Waals surface area contributed by atoms with Crippen LogP contribution in [0.5, 0.6) is 5.75 Å². The molecule has 0 spiro atoms. The SMILES string of the molecule is N#Cc1cnc(SCC(=O)NCCc2ccc(OC(F)F)cc2)nc1N. The molecule has 0 saturated heterocycles. The molecule has 1 amide bonds. The molecule has 1 aromatic carbocycles. The van der Waals surface area contributed by atoms with Crippen molar-refractivity contribution in [1.82, 2.24) is 15.3 Å². The number of nitrogens with two attached hydrogens (primary N) is 1. The highest BCUT2D eigenvalue weighted by Crippen LogP contribution is 2.16. The number of nitrogen functional groups attached to an aromatic ring is 1. The second-order valence-corrected chi connectivity index (χ2v) is 5.92. The molecule has 0 saturated carbocycles. The number of alkyl halides is 2. The Morgan fingerprint density at radius 3 is 2.73 bits per heavy atom. The minimum Gasteiger partial charge on any atom is -0.435 e. The van der Waals surface area contributed by atoms with Crippen molar-refractivity contribution in [2.24, 2.45) is 0 Å². The first kappa shape index (κ1) is 19.4. The highest BCUT2D eigenvalue weighted by molar-refractivity contribution is 7.99. The van der Waals surface area contributed by atoms with Crippen LogP contribution < -0.4 is 15.8 Å². The second kappa shape index (κ2) is 9.53. The van der Waals surface area contributed by atoms with Crippen molar-refractivity contribution in [3.63, 3.8) is 0 Å². The van der Waals surface area contributed by atoms with Gasteiger partial charge in [-0.25, -0.2) is 9.97 Å². The van der Waals surface area contributed by atoms with Gasteiger partial charge in [-0.15, -0.1) is 0 Å². The summed E-state index contributed by atoms with van der Waals surface area (Å²) in [5.74, 6) is 0.0571. The molecule has 7 nitrogen and oxygen atoms in total. The van der Waals surface area contributed by atoms with Gasteiger partial charge in [0, 0.05) is 6.54 Å². The van der Waals surface area contributed by atoms with Gasteiger partial charge in [-0.2, -0.15) is 14.0 Å². The van der Waals surface area contributed by atoms with Gasteiger partial charge < -0.3 is 15.8 Å².